The molecule has 1 heterocycles. The van der Waals surface area contributed by atoms with Crippen LogP contribution in [0.2, 0.25) is 0 Å². The molecule has 0 fully saturated rings. The SMILES string of the molecule is CCc1ccc(CC(=O)c2cc(C)nn2CC)cc1. The Hall–Kier alpha value is -1.90. The van der Waals surface area contributed by atoms with Crippen LogP contribution in [-0.2, 0) is 19.4 Å². The van der Waals surface area contributed by atoms with Crippen molar-refractivity contribution >= 4 is 5.78 Å². The van der Waals surface area contributed by atoms with Gasteiger partial charge in [-0.15, -0.1) is 0 Å². The highest BCUT2D eigenvalue weighted by Crippen LogP contribution is 2.11. The van der Waals surface area contributed by atoms with Crippen molar-refractivity contribution in [3.05, 3.63) is 52.8 Å². The van der Waals surface area contributed by atoms with Gasteiger partial charge in [-0.3, -0.25) is 9.48 Å². The van der Waals surface area contributed by atoms with E-state index in [1.54, 1.807) is 4.68 Å². The number of carbonyl (C=O) groups excluding carboxylic acids is 1. The van der Waals surface area contributed by atoms with Gasteiger partial charge in [0.15, 0.2) is 5.78 Å². The molecule has 0 saturated heterocycles. The molecular formula is C16H20N2O. The van der Waals surface area contributed by atoms with Gasteiger partial charge in [0.05, 0.1) is 5.69 Å². The molecule has 19 heavy (non-hydrogen) atoms. The molecule has 1 aromatic carbocycles. The minimum atomic E-state index is 0.131. The molecule has 3 heteroatoms. The Bertz CT molecular complexity index is 567. The molecule has 0 aliphatic carbocycles. The minimum Gasteiger partial charge on any atom is -0.292 e. The number of hydrogen-bond acceptors (Lipinski definition) is 2. The van der Waals surface area contributed by atoms with Gasteiger partial charge < -0.3 is 0 Å². The van der Waals surface area contributed by atoms with E-state index in [0.29, 0.717) is 12.1 Å². The van der Waals surface area contributed by atoms with E-state index in [4.69, 9.17) is 0 Å². The van der Waals surface area contributed by atoms with Gasteiger partial charge in [-0.05, 0) is 37.5 Å². The second kappa shape index (κ2) is 5.83. The fourth-order valence-electron chi connectivity index (χ4n) is 2.18. The third-order valence-electron chi connectivity index (χ3n) is 3.28. The Labute approximate surface area is 114 Å². The summed E-state index contributed by atoms with van der Waals surface area (Å²) in [7, 11) is 0. The monoisotopic (exact) mass is 256 g/mol. The lowest BCUT2D eigenvalue weighted by molar-refractivity contribution is 0.0983. The van der Waals surface area contributed by atoms with Crippen molar-refractivity contribution in [1.82, 2.24) is 9.78 Å². The fraction of sp³-hybridized carbons (Fsp3) is 0.375. The summed E-state index contributed by atoms with van der Waals surface area (Å²) in [5, 5.41) is 4.32. The Kier molecular flexibility index (Phi) is 4.15. The molecule has 0 aliphatic heterocycles. The van der Waals surface area contributed by atoms with E-state index in [0.717, 1.165) is 24.2 Å². The fourth-order valence-corrected chi connectivity index (χ4v) is 2.18. The second-order valence-electron chi connectivity index (χ2n) is 4.76. The highest BCUT2D eigenvalue weighted by molar-refractivity contribution is 5.96. The first-order valence-corrected chi connectivity index (χ1v) is 6.79. The maximum atomic E-state index is 12.3. The van der Waals surface area contributed by atoms with Gasteiger partial charge in [0, 0.05) is 13.0 Å². The van der Waals surface area contributed by atoms with E-state index in [-0.39, 0.29) is 5.78 Å². The number of nitrogens with zero attached hydrogens (tertiary/aromatic N) is 2. The van der Waals surface area contributed by atoms with E-state index in [2.05, 4.69) is 24.2 Å². The number of benzene rings is 1. The lowest BCUT2D eigenvalue weighted by atomic mass is 10.0. The number of carbonyl (C=O) groups is 1. The summed E-state index contributed by atoms with van der Waals surface area (Å²) >= 11 is 0. The molecular weight excluding hydrogens is 236 g/mol. The quantitative estimate of drug-likeness (QED) is 0.770. The molecule has 0 radical (unpaired) electrons. The third kappa shape index (κ3) is 3.11. The van der Waals surface area contributed by atoms with E-state index in [9.17, 15) is 4.79 Å². The van der Waals surface area contributed by atoms with Crippen molar-refractivity contribution in [3.8, 4) is 0 Å². The van der Waals surface area contributed by atoms with Crippen LogP contribution in [0.25, 0.3) is 0 Å². The van der Waals surface area contributed by atoms with Crippen LogP contribution in [0.3, 0.4) is 0 Å². The van der Waals surface area contributed by atoms with Crippen LogP contribution in [0.5, 0.6) is 0 Å². The normalized spacial score (nSPS) is 10.7. The summed E-state index contributed by atoms with van der Waals surface area (Å²) in [4.78, 5) is 12.3. The van der Waals surface area contributed by atoms with Gasteiger partial charge in [-0.1, -0.05) is 31.2 Å². The molecule has 0 amide bonds. The molecule has 0 aliphatic rings. The largest absolute Gasteiger partial charge is 0.292 e. The zero-order valence-corrected chi connectivity index (χ0v) is 11.8. The molecule has 0 atom stereocenters. The highest BCUT2D eigenvalue weighted by Gasteiger charge is 2.13. The summed E-state index contributed by atoms with van der Waals surface area (Å²) in [6.07, 6.45) is 1.46. The van der Waals surface area contributed by atoms with E-state index >= 15 is 0 Å². The van der Waals surface area contributed by atoms with E-state index < -0.39 is 0 Å². The maximum Gasteiger partial charge on any atom is 0.185 e. The second-order valence-corrected chi connectivity index (χ2v) is 4.76. The molecule has 0 unspecified atom stereocenters. The van der Waals surface area contributed by atoms with Gasteiger partial charge >= 0.3 is 0 Å². The van der Waals surface area contributed by atoms with Crippen LogP contribution < -0.4 is 0 Å². The van der Waals surface area contributed by atoms with Gasteiger partial charge in [0.2, 0.25) is 0 Å². The first kappa shape index (κ1) is 13.5. The van der Waals surface area contributed by atoms with Gasteiger partial charge in [0.1, 0.15) is 5.69 Å². The first-order valence-electron chi connectivity index (χ1n) is 6.79. The molecule has 2 rings (SSSR count). The predicted octanol–water partition coefficient (Wildman–Crippen LogP) is 3.20. The minimum absolute atomic E-state index is 0.131. The number of ketones is 1. The van der Waals surface area contributed by atoms with Gasteiger partial charge in [-0.2, -0.15) is 5.10 Å². The van der Waals surface area contributed by atoms with Crippen molar-refractivity contribution in [2.45, 2.75) is 40.2 Å². The average molecular weight is 256 g/mol. The van der Waals surface area contributed by atoms with Crippen LogP contribution >= 0.6 is 0 Å². The average Bonchev–Trinajstić information content (AvgIpc) is 2.81. The summed E-state index contributed by atoms with van der Waals surface area (Å²) in [6, 6.07) is 10.1. The Morgan fingerprint density at radius 1 is 1.16 bits per heavy atom. The van der Waals surface area contributed by atoms with Crippen LogP contribution in [0.1, 0.15) is 41.2 Å². The number of hydrogen-bond donors (Lipinski definition) is 0. The van der Waals surface area contributed by atoms with Crippen molar-refractivity contribution in [2.75, 3.05) is 0 Å². The van der Waals surface area contributed by atoms with Gasteiger partial charge in [0.25, 0.3) is 0 Å². The van der Waals surface area contributed by atoms with E-state index in [1.807, 2.05) is 32.0 Å². The Balaban J connectivity index is 2.15. The Morgan fingerprint density at radius 2 is 1.79 bits per heavy atom. The van der Waals surface area contributed by atoms with Crippen LogP contribution in [0.4, 0.5) is 0 Å². The topological polar surface area (TPSA) is 34.9 Å². The van der Waals surface area contributed by atoms with Crippen LogP contribution in [0.15, 0.2) is 30.3 Å². The zero-order valence-electron chi connectivity index (χ0n) is 11.8. The molecule has 2 aromatic rings. The summed E-state index contributed by atoms with van der Waals surface area (Å²) in [6.45, 7) is 6.77. The van der Waals surface area contributed by atoms with Crippen LogP contribution in [0, 0.1) is 6.92 Å². The summed E-state index contributed by atoms with van der Waals surface area (Å²) in [5.74, 6) is 0.131. The summed E-state index contributed by atoms with van der Waals surface area (Å²) < 4.78 is 1.78. The number of Topliss-reactive ketones (excluding diaryl/α,β-unsaturated/α-hetero) is 1. The Morgan fingerprint density at radius 3 is 2.37 bits per heavy atom. The third-order valence-corrected chi connectivity index (χ3v) is 3.28. The molecule has 0 N–H and O–H groups in total. The van der Waals surface area contributed by atoms with Crippen molar-refractivity contribution in [2.24, 2.45) is 0 Å². The molecule has 0 bridgehead atoms. The van der Waals surface area contributed by atoms with Crippen molar-refractivity contribution in [3.63, 3.8) is 0 Å². The lowest BCUT2D eigenvalue weighted by Gasteiger charge is -2.04. The van der Waals surface area contributed by atoms with E-state index in [1.165, 1.54) is 5.56 Å². The predicted molar refractivity (Wildman–Crippen MR) is 76.5 cm³/mol. The maximum absolute atomic E-state index is 12.3. The lowest BCUT2D eigenvalue weighted by Crippen LogP contribution is -2.11. The standard InChI is InChI=1S/C16H20N2O/c1-4-13-6-8-14(9-7-13)11-16(19)15-10-12(3)17-18(15)5-2/h6-10H,4-5,11H2,1-3H3. The number of aryl methyl sites for hydroxylation is 3. The van der Waals surface area contributed by atoms with Crippen LogP contribution in [-0.4, -0.2) is 15.6 Å². The van der Waals surface area contributed by atoms with Gasteiger partial charge in [-0.25, -0.2) is 0 Å². The molecule has 0 spiro atoms. The number of rotatable bonds is 5. The summed E-state index contributed by atoms with van der Waals surface area (Å²) in [5.41, 5.74) is 3.96. The highest BCUT2D eigenvalue weighted by atomic mass is 16.1. The molecule has 1 aromatic heterocycles. The smallest absolute Gasteiger partial charge is 0.185 e. The van der Waals surface area contributed by atoms with Crippen molar-refractivity contribution in [1.29, 1.82) is 0 Å². The molecule has 0 saturated carbocycles. The zero-order chi connectivity index (χ0) is 13.8. The first-order chi connectivity index (χ1) is 9.13. The number of aromatic nitrogens is 2. The molecule has 100 valence electrons. The van der Waals surface area contributed by atoms with Crippen molar-refractivity contribution < 1.29 is 4.79 Å². The molecule has 3 nitrogen and oxygen atoms in total.